The molecule has 0 radical (unpaired) electrons. The minimum Gasteiger partial charge on any atom is -0.491 e. The first-order valence-corrected chi connectivity index (χ1v) is 7.36. The van der Waals surface area contributed by atoms with Gasteiger partial charge in [0.2, 0.25) is 0 Å². The zero-order valence-corrected chi connectivity index (χ0v) is 13.3. The van der Waals surface area contributed by atoms with Crippen molar-refractivity contribution in [3.63, 3.8) is 0 Å². The number of benzene rings is 1. The molecule has 4 N–H and O–H groups in total. The lowest BCUT2D eigenvalue weighted by atomic mass is 10.2. The Kier molecular flexibility index (Phi) is 7.60. The lowest BCUT2D eigenvalue weighted by Crippen LogP contribution is -2.34. The molecule has 2 unspecified atom stereocenters. The van der Waals surface area contributed by atoms with Crippen LogP contribution in [0.4, 0.5) is 0 Å². The minimum atomic E-state index is -0.600. The van der Waals surface area contributed by atoms with Crippen molar-refractivity contribution in [1.29, 1.82) is 0 Å². The zero-order chi connectivity index (χ0) is 15.8. The number of rotatable bonds is 9. The van der Waals surface area contributed by atoms with Gasteiger partial charge in [0.1, 0.15) is 23.4 Å². The van der Waals surface area contributed by atoms with Gasteiger partial charge in [0, 0.05) is 18.7 Å². The van der Waals surface area contributed by atoms with Gasteiger partial charge in [-0.15, -0.1) is 0 Å². The highest BCUT2D eigenvalue weighted by Gasteiger charge is 2.10. The van der Waals surface area contributed by atoms with E-state index >= 15 is 0 Å². The maximum Gasteiger partial charge on any atom is 0.120 e. The second kappa shape index (κ2) is 8.94. The maximum absolute atomic E-state index is 9.94. The van der Waals surface area contributed by atoms with Gasteiger partial charge in [-0.2, -0.15) is 0 Å². The predicted octanol–water partition coefficient (Wildman–Crippen LogP) is 0.763. The summed E-state index contributed by atoms with van der Waals surface area (Å²) in [6.07, 6.45) is -0.249. The van der Waals surface area contributed by atoms with Crippen molar-refractivity contribution in [1.82, 2.24) is 4.90 Å². The van der Waals surface area contributed by atoms with Crippen molar-refractivity contribution in [3.8, 4) is 5.75 Å². The monoisotopic (exact) mass is 312 g/mol. The molecule has 0 spiro atoms. The van der Waals surface area contributed by atoms with Gasteiger partial charge >= 0.3 is 0 Å². The zero-order valence-electron chi connectivity index (χ0n) is 12.5. The Morgan fingerprint density at radius 2 is 2.14 bits per heavy atom. The van der Waals surface area contributed by atoms with Gasteiger partial charge in [0.15, 0.2) is 0 Å². The summed E-state index contributed by atoms with van der Waals surface area (Å²) in [4.78, 5) is 2.28. The largest absolute Gasteiger partial charge is 0.491 e. The SMILES string of the molecule is CC(O)CCN(C)CC(O)COc1cccc(C(N)=S)c1. The maximum atomic E-state index is 9.94. The van der Waals surface area contributed by atoms with Gasteiger partial charge in [0.05, 0.1) is 6.10 Å². The Bertz CT molecular complexity index is 454. The molecule has 0 saturated heterocycles. The molecule has 21 heavy (non-hydrogen) atoms. The van der Waals surface area contributed by atoms with E-state index in [1.165, 1.54) is 0 Å². The second-order valence-corrected chi connectivity index (χ2v) is 5.70. The summed E-state index contributed by atoms with van der Waals surface area (Å²) in [5.74, 6) is 0.631. The highest BCUT2D eigenvalue weighted by molar-refractivity contribution is 7.80. The Balaban J connectivity index is 2.37. The average molecular weight is 312 g/mol. The van der Waals surface area contributed by atoms with E-state index in [4.69, 9.17) is 22.7 Å². The quantitative estimate of drug-likeness (QED) is 0.584. The van der Waals surface area contributed by atoms with Gasteiger partial charge < -0.3 is 25.6 Å². The number of nitrogens with two attached hydrogens (primary N) is 1. The molecule has 0 amide bonds. The molecule has 0 aromatic heterocycles. The van der Waals surface area contributed by atoms with E-state index < -0.39 is 6.10 Å². The van der Waals surface area contributed by atoms with Gasteiger partial charge in [-0.25, -0.2) is 0 Å². The fourth-order valence-electron chi connectivity index (χ4n) is 1.84. The smallest absolute Gasteiger partial charge is 0.120 e. The summed E-state index contributed by atoms with van der Waals surface area (Å²) < 4.78 is 5.54. The van der Waals surface area contributed by atoms with Crippen molar-refractivity contribution in [2.24, 2.45) is 5.73 Å². The van der Waals surface area contributed by atoms with E-state index in [0.29, 0.717) is 23.7 Å². The van der Waals surface area contributed by atoms with Crippen molar-refractivity contribution < 1.29 is 14.9 Å². The number of nitrogens with zero attached hydrogens (tertiary/aromatic N) is 1. The molecular formula is C15H24N2O3S. The molecule has 118 valence electrons. The summed E-state index contributed by atoms with van der Waals surface area (Å²) in [5.41, 5.74) is 6.30. The molecule has 1 aromatic carbocycles. The van der Waals surface area contributed by atoms with E-state index in [1.54, 1.807) is 19.1 Å². The average Bonchev–Trinajstić information content (AvgIpc) is 2.43. The van der Waals surface area contributed by atoms with Crippen LogP contribution in [-0.2, 0) is 0 Å². The second-order valence-electron chi connectivity index (χ2n) is 5.26. The Labute approximate surface area is 131 Å². The van der Waals surface area contributed by atoms with E-state index in [1.807, 2.05) is 24.1 Å². The molecule has 5 nitrogen and oxygen atoms in total. The van der Waals surface area contributed by atoms with E-state index in [-0.39, 0.29) is 12.7 Å². The molecule has 0 aliphatic heterocycles. The third kappa shape index (κ3) is 7.38. The fourth-order valence-corrected chi connectivity index (χ4v) is 1.97. The Hall–Kier alpha value is -1.21. The molecule has 6 heteroatoms. The molecule has 1 rings (SSSR count). The van der Waals surface area contributed by atoms with Crippen molar-refractivity contribution in [2.75, 3.05) is 26.7 Å². The first-order chi connectivity index (χ1) is 9.88. The topological polar surface area (TPSA) is 79.0 Å². The van der Waals surface area contributed by atoms with E-state index in [9.17, 15) is 10.2 Å². The number of aliphatic hydroxyl groups excluding tert-OH is 2. The van der Waals surface area contributed by atoms with Gasteiger partial charge in [-0.1, -0.05) is 24.4 Å². The highest BCUT2D eigenvalue weighted by atomic mass is 32.1. The number of thiocarbonyl (C=S) groups is 1. The lowest BCUT2D eigenvalue weighted by molar-refractivity contribution is 0.0708. The minimum absolute atomic E-state index is 0.194. The van der Waals surface area contributed by atoms with Crippen LogP contribution in [0.15, 0.2) is 24.3 Å². The molecule has 2 atom stereocenters. The van der Waals surface area contributed by atoms with Crippen LogP contribution in [0, 0.1) is 0 Å². The normalized spacial score (nSPS) is 14.0. The molecule has 0 saturated carbocycles. The Morgan fingerprint density at radius 1 is 1.43 bits per heavy atom. The van der Waals surface area contributed by atoms with Gasteiger partial charge in [0.25, 0.3) is 0 Å². The van der Waals surface area contributed by atoms with Crippen molar-refractivity contribution in [3.05, 3.63) is 29.8 Å². The fraction of sp³-hybridized carbons (Fsp3) is 0.533. The summed E-state index contributed by atoms with van der Waals surface area (Å²) >= 11 is 4.91. The number of hydrogen-bond acceptors (Lipinski definition) is 5. The standard InChI is InChI=1S/C15H24N2O3S/c1-11(18)6-7-17(2)9-13(19)10-20-14-5-3-4-12(8-14)15(16)21/h3-5,8,11,13,18-19H,6-7,9-10H2,1-2H3,(H2,16,21). The molecule has 0 heterocycles. The van der Waals surface area contributed by atoms with Crippen LogP contribution in [0.3, 0.4) is 0 Å². The summed E-state index contributed by atoms with van der Waals surface area (Å²) in [6.45, 7) is 3.16. The molecule has 0 fully saturated rings. The highest BCUT2D eigenvalue weighted by Crippen LogP contribution is 2.13. The molecule has 0 aliphatic rings. The van der Waals surface area contributed by atoms with Crippen LogP contribution in [0.5, 0.6) is 5.75 Å². The number of aliphatic hydroxyl groups is 2. The number of likely N-dealkylation sites (N-methyl/N-ethyl adjacent to an activating group) is 1. The molecule has 0 bridgehead atoms. The van der Waals surface area contributed by atoms with Crippen LogP contribution in [0.1, 0.15) is 18.9 Å². The molecule has 0 aliphatic carbocycles. The van der Waals surface area contributed by atoms with Crippen LogP contribution in [0.2, 0.25) is 0 Å². The first-order valence-electron chi connectivity index (χ1n) is 6.96. The molecule has 1 aromatic rings. The van der Waals surface area contributed by atoms with Gasteiger partial charge in [-0.3, -0.25) is 0 Å². The number of ether oxygens (including phenoxy) is 1. The van der Waals surface area contributed by atoms with Crippen LogP contribution < -0.4 is 10.5 Å². The third-order valence-corrected chi connectivity index (χ3v) is 3.25. The molecular weight excluding hydrogens is 288 g/mol. The summed E-state index contributed by atoms with van der Waals surface area (Å²) in [5, 5.41) is 19.2. The Morgan fingerprint density at radius 3 is 2.76 bits per heavy atom. The van der Waals surface area contributed by atoms with Crippen LogP contribution >= 0.6 is 12.2 Å². The van der Waals surface area contributed by atoms with Crippen LogP contribution in [-0.4, -0.2) is 59.1 Å². The first kappa shape index (κ1) is 17.8. The summed E-state index contributed by atoms with van der Waals surface area (Å²) in [6, 6.07) is 7.18. The third-order valence-electron chi connectivity index (χ3n) is 3.01. The van der Waals surface area contributed by atoms with E-state index in [2.05, 4.69) is 0 Å². The lowest BCUT2D eigenvalue weighted by Gasteiger charge is -2.21. The van der Waals surface area contributed by atoms with Crippen LogP contribution in [0.25, 0.3) is 0 Å². The van der Waals surface area contributed by atoms with E-state index in [0.717, 1.165) is 12.1 Å². The number of hydrogen-bond donors (Lipinski definition) is 3. The predicted molar refractivity (Wildman–Crippen MR) is 87.6 cm³/mol. The summed E-state index contributed by atoms with van der Waals surface area (Å²) in [7, 11) is 1.90. The van der Waals surface area contributed by atoms with Gasteiger partial charge in [-0.05, 0) is 32.5 Å². The van der Waals surface area contributed by atoms with Crippen molar-refractivity contribution >= 4 is 17.2 Å². The van der Waals surface area contributed by atoms with Crippen molar-refractivity contribution in [2.45, 2.75) is 25.6 Å².